The summed E-state index contributed by atoms with van der Waals surface area (Å²) in [6.45, 7) is 2.09. The quantitative estimate of drug-likeness (QED) is 0.377. The number of furan rings is 1. The molecule has 6 nitrogen and oxygen atoms in total. The standard InChI is InChI=1S/C24H19ClN2O4S/c1-3-14-4-7-16(8-5-14)26-24-27-22(28)21(32-24)13-17-9-11-20(31-17)18-12-15(23(29)30-2)6-10-19(18)25/h4-13H,3H2,1-2H3,(H,26,27,28)/b21-13-. The maximum absolute atomic E-state index is 12.4. The van der Waals surface area contributed by atoms with Crippen LogP contribution in [-0.4, -0.2) is 24.2 Å². The summed E-state index contributed by atoms with van der Waals surface area (Å²) >= 11 is 7.52. The van der Waals surface area contributed by atoms with Gasteiger partial charge in [-0.3, -0.25) is 4.79 Å². The van der Waals surface area contributed by atoms with Crippen molar-refractivity contribution in [3.8, 4) is 11.3 Å². The molecule has 1 fully saturated rings. The van der Waals surface area contributed by atoms with E-state index in [0.29, 0.717) is 37.7 Å². The third-order valence-corrected chi connectivity index (χ3v) is 6.02. The Hall–Kier alpha value is -3.29. The number of carbonyl (C=O) groups is 2. The van der Waals surface area contributed by atoms with Crippen LogP contribution in [0.4, 0.5) is 5.69 Å². The second-order valence-corrected chi connectivity index (χ2v) is 8.33. The van der Waals surface area contributed by atoms with Gasteiger partial charge in [-0.1, -0.05) is 30.7 Å². The van der Waals surface area contributed by atoms with Gasteiger partial charge in [0.2, 0.25) is 0 Å². The first kappa shape index (κ1) is 21.9. The highest BCUT2D eigenvalue weighted by molar-refractivity contribution is 8.18. The molecule has 1 N–H and O–H groups in total. The number of carbonyl (C=O) groups excluding carboxylic acids is 2. The summed E-state index contributed by atoms with van der Waals surface area (Å²) in [6, 6.07) is 16.1. The lowest BCUT2D eigenvalue weighted by atomic mass is 10.1. The van der Waals surface area contributed by atoms with Crippen molar-refractivity contribution in [2.75, 3.05) is 7.11 Å². The third kappa shape index (κ3) is 4.79. The highest BCUT2D eigenvalue weighted by Gasteiger charge is 2.24. The molecule has 2 heterocycles. The highest BCUT2D eigenvalue weighted by atomic mass is 35.5. The first-order chi connectivity index (χ1) is 15.5. The molecular formula is C24H19ClN2O4S. The summed E-state index contributed by atoms with van der Waals surface area (Å²) in [5.74, 6) is 0.237. The number of benzene rings is 2. The molecule has 0 saturated carbocycles. The number of rotatable bonds is 5. The number of amides is 1. The van der Waals surface area contributed by atoms with Crippen molar-refractivity contribution in [1.29, 1.82) is 0 Å². The Labute approximate surface area is 194 Å². The molecule has 0 atom stereocenters. The smallest absolute Gasteiger partial charge is 0.337 e. The molecule has 4 rings (SSSR count). The number of nitrogens with zero attached hydrogens (tertiary/aromatic N) is 1. The minimum Gasteiger partial charge on any atom is -0.465 e. The molecule has 0 aliphatic carbocycles. The first-order valence-electron chi connectivity index (χ1n) is 9.83. The van der Waals surface area contributed by atoms with Crippen molar-refractivity contribution >= 4 is 52.2 Å². The number of hydrogen-bond donors (Lipinski definition) is 1. The van der Waals surface area contributed by atoms with E-state index in [1.807, 2.05) is 24.3 Å². The minimum absolute atomic E-state index is 0.248. The van der Waals surface area contributed by atoms with Gasteiger partial charge in [0.05, 0.1) is 28.3 Å². The van der Waals surface area contributed by atoms with Crippen molar-refractivity contribution in [3.05, 3.63) is 81.4 Å². The Morgan fingerprint density at radius 3 is 2.69 bits per heavy atom. The van der Waals surface area contributed by atoms with E-state index in [2.05, 4.69) is 17.2 Å². The Morgan fingerprint density at radius 1 is 1.19 bits per heavy atom. The van der Waals surface area contributed by atoms with Crippen LogP contribution in [0.25, 0.3) is 17.4 Å². The summed E-state index contributed by atoms with van der Waals surface area (Å²) in [6.07, 6.45) is 2.60. The van der Waals surface area contributed by atoms with Gasteiger partial charge in [-0.15, -0.1) is 0 Å². The highest BCUT2D eigenvalue weighted by Crippen LogP contribution is 2.33. The summed E-state index contributed by atoms with van der Waals surface area (Å²) in [7, 11) is 1.32. The molecule has 2 aromatic carbocycles. The number of halogens is 1. The van der Waals surface area contributed by atoms with Crippen LogP contribution in [0, 0.1) is 0 Å². The van der Waals surface area contributed by atoms with Crippen molar-refractivity contribution < 1.29 is 18.7 Å². The van der Waals surface area contributed by atoms with Crippen LogP contribution < -0.4 is 5.32 Å². The Morgan fingerprint density at radius 2 is 1.97 bits per heavy atom. The zero-order valence-electron chi connectivity index (χ0n) is 17.3. The average Bonchev–Trinajstić information content (AvgIpc) is 3.40. The largest absolute Gasteiger partial charge is 0.465 e. The van der Waals surface area contributed by atoms with Crippen LogP contribution in [0.5, 0.6) is 0 Å². The summed E-state index contributed by atoms with van der Waals surface area (Å²) < 4.78 is 10.6. The first-order valence-corrected chi connectivity index (χ1v) is 11.0. The number of ether oxygens (including phenoxy) is 1. The molecule has 1 aliphatic heterocycles. The molecule has 1 aromatic heterocycles. The number of amidine groups is 1. The van der Waals surface area contributed by atoms with E-state index in [0.717, 1.165) is 12.1 Å². The average molecular weight is 467 g/mol. The van der Waals surface area contributed by atoms with Crippen LogP contribution in [0.2, 0.25) is 5.02 Å². The number of nitrogens with one attached hydrogen (secondary N) is 1. The maximum atomic E-state index is 12.4. The van der Waals surface area contributed by atoms with Crippen molar-refractivity contribution in [1.82, 2.24) is 5.32 Å². The van der Waals surface area contributed by atoms with Gasteiger partial charge < -0.3 is 14.5 Å². The topological polar surface area (TPSA) is 80.9 Å². The fourth-order valence-corrected chi connectivity index (χ4v) is 4.10. The molecule has 3 aromatic rings. The van der Waals surface area contributed by atoms with Crippen LogP contribution in [0.15, 0.2) is 68.9 Å². The van der Waals surface area contributed by atoms with Gasteiger partial charge in [0, 0.05) is 11.6 Å². The van der Waals surface area contributed by atoms with Crippen molar-refractivity contribution in [2.45, 2.75) is 13.3 Å². The van der Waals surface area contributed by atoms with Crippen molar-refractivity contribution in [2.24, 2.45) is 4.99 Å². The maximum Gasteiger partial charge on any atom is 0.337 e. The number of esters is 1. The summed E-state index contributed by atoms with van der Waals surface area (Å²) in [5, 5.41) is 3.71. The van der Waals surface area contributed by atoms with Crippen LogP contribution >= 0.6 is 23.4 Å². The lowest BCUT2D eigenvalue weighted by Crippen LogP contribution is -2.19. The lowest BCUT2D eigenvalue weighted by Gasteiger charge is -2.04. The fourth-order valence-electron chi connectivity index (χ4n) is 3.07. The Kier molecular flexibility index (Phi) is 6.48. The lowest BCUT2D eigenvalue weighted by molar-refractivity contribution is -0.115. The van der Waals surface area contributed by atoms with E-state index in [9.17, 15) is 9.59 Å². The van der Waals surface area contributed by atoms with E-state index in [1.54, 1.807) is 36.4 Å². The van der Waals surface area contributed by atoms with Gasteiger partial charge in [0.15, 0.2) is 5.17 Å². The van der Waals surface area contributed by atoms with Crippen LogP contribution in [0.1, 0.15) is 28.6 Å². The molecular weight excluding hydrogens is 448 g/mol. The summed E-state index contributed by atoms with van der Waals surface area (Å²) in [5.41, 5.74) is 2.91. The van der Waals surface area contributed by atoms with Gasteiger partial charge in [0.25, 0.3) is 5.91 Å². The number of methoxy groups -OCH3 is 1. The fraction of sp³-hybridized carbons (Fsp3) is 0.125. The SMILES string of the molecule is CCc1ccc(N=C2NC(=O)/C(=C/c3ccc(-c4cc(C(=O)OC)ccc4Cl)o3)S2)cc1. The molecule has 0 unspecified atom stereocenters. The molecule has 0 bridgehead atoms. The van der Waals surface area contributed by atoms with Gasteiger partial charge in [0.1, 0.15) is 11.5 Å². The van der Waals surface area contributed by atoms with Gasteiger partial charge in [-0.2, -0.15) is 0 Å². The van der Waals surface area contributed by atoms with Gasteiger partial charge >= 0.3 is 5.97 Å². The van der Waals surface area contributed by atoms with Crippen molar-refractivity contribution in [3.63, 3.8) is 0 Å². The van der Waals surface area contributed by atoms with E-state index < -0.39 is 5.97 Å². The second kappa shape index (κ2) is 9.46. The predicted octanol–water partition coefficient (Wildman–Crippen LogP) is 5.84. The Bertz CT molecular complexity index is 1250. The molecule has 0 radical (unpaired) electrons. The van der Waals surface area contributed by atoms with Crippen LogP contribution in [0.3, 0.4) is 0 Å². The normalized spacial score (nSPS) is 15.9. The van der Waals surface area contributed by atoms with Gasteiger partial charge in [-0.05, 0) is 66.2 Å². The van der Waals surface area contributed by atoms with E-state index in [1.165, 1.54) is 24.4 Å². The van der Waals surface area contributed by atoms with E-state index in [4.69, 9.17) is 20.8 Å². The molecule has 0 spiro atoms. The predicted molar refractivity (Wildman–Crippen MR) is 127 cm³/mol. The molecule has 8 heteroatoms. The van der Waals surface area contributed by atoms with E-state index in [-0.39, 0.29) is 5.91 Å². The number of aliphatic imine (C=N–C) groups is 1. The molecule has 162 valence electrons. The zero-order chi connectivity index (χ0) is 22.7. The number of hydrogen-bond acceptors (Lipinski definition) is 6. The van der Waals surface area contributed by atoms with Gasteiger partial charge in [-0.25, -0.2) is 9.79 Å². The number of aryl methyl sites for hydroxylation is 1. The monoisotopic (exact) mass is 466 g/mol. The molecule has 1 amide bonds. The minimum atomic E-state index is -0.466. The molecule has 1 saturated heterocycles. The second-order valence-electron chi connectivity index (χ2n) is 6.89. The van der Waals surface area contributed by atoms with Crippen LogP contribution in [-0.2, 0) is 16.0 Å². The third-order valence-electron chi connectivity index (χ3n) is 4.78. The Balaban J connectivity index is 1.55. The zero-order valence-corrected chi connectivity index (χ0v) is 18.9. The molecule has 1 aliphatic rings. The number of thioether (sulfide) groups is 1. The summed E-state index contributed by atoms with van der Waals surface area (Å²) in [4.78, 5) is 29.1. The molecule has 32 heavy (non-hydrogen) atoms. The van der Waals surface area contributed by atoms with E-state index >= 15 is 0 Å².